The molecule has 0 aromatic carbocycles. The molecule has 0 aromatic heterocycles. The van der Waals surface area contributed by atoms with Crippen LogP contribution in [0.5, 0.6) is 0 Å². The summed E-state index contributed by atoms with van der Waals surface area (Å²) in [4.78, 5) is 47.7. The van der Waals surface area contributed by atoms with E-state index in [1.54, 1.807) is 0 Å². The molecule has 3 N–H and O–H groups in total. The second-order valence-corrected chi connectivity index (χ2v) is 11.3. The van der Waals surface area contributed by atoms with Crippen molar-refractivity contribution >= 4 is 23.6 Å². The predicted octanol–water partition coefficient (Wildman–Crippen LogP) is 6.97. The Balaban J connectivity index is 3.83. The van der Waals surface area contributed by atoms with Gasteiger partial charge in [0, 0.05) is 31.2 Å². The van der Waals surface area contributed by atoms with Gasteiger partial charge in [0.2, 0.25) is 11.8 Å². The summed E-state index contributed by atoms with van der Waals surface area (Å²) in [6.45, 7) is 8.51. The Morgan fingerprint density at radius 2 is 1.16 bits per heavy atom. The molecule has 0 aromatic rings. The number of hydrogen-bond donors (Lipinski definition) is 3. The molecule has 7 heteroatoms. The first-order valence-electron chi connectivity index (χ1n) is 15.5. The highest BCUT2D eigenvalue weighted by molar-refractivity contribution is 5.84. The highest BCUT2D eigenvalue weighted by atomic mass is 16.4. The third-order valence-electron chi connectivity index (χ3n) is 7.24. The van der Waals surface area contributed by atoms with Crippen molar-refractivity contribution in [3.8, 4) is 0 Å². The van der Waals surface area contributed by atoms with Gasteiger partial charge in [-0.05, 0) is 25.7 Å². The molecule has 7 nitrogen and oxygen atoms in total. The molecule has 0 spiro atoms. The summed E-state index contributed by atoms with van der Waals surface area (Å²) in [5.41, 5.74) is 0. The molecule has 38 heavy (non-hydrogen) atoms. The molecule has 0 radical (unpaired) electrons. The van der Waals surface area contributed by atoms with Crippen LogP contribution in [0.15, 0.2) is 0 Å². The minimum absolute atomic E-state index is 0.0327. The molecule has 2 atom stereocenters. The fourth-order valence-electron chi connectivity index (χ4n) is 4.71. The first-order chi connectivity index (χ1) is 18.2. The summed E-state index contributed by atoms with van der Waals surface area (Å²) < 4.78 is 0. The number of carbonyl (C=O) groups is 4. The molecule has 0 bridgehead atoms. The van der Waals surface area contributed by atoms with Crippen molar-refractivity contribution in [2.75, 3.05) is 6.54 Å². The molecule has 0 rings (SSSR count). The minimum atomic E-state index is -1.11. The largest absolute Gasteiger partial charge is 0.480 e. The SMILES string of the molecule is CCCCCCCCCCCCCCCC(=O)NC(CCC(=O)NCCCC[C@H](C)C(=O)C(C)C)C(=O)O. The average molecular weight is 539 g/mol. The van der Waals surface area contributed by atoms with Crippen LogP contribution >= 0.6 is 0 Å². The zero-order valence-corrected chi connectivity index (χ0v) is 25.0. The lowest BCUT2D eigenvalue weighted by Gasteiger charge is -2.15. The maximum absolute atomic E-state index is 12.2. The van der Waals surface area contributed by atoms with Crippen molar-refractivity contribution in [3.63, 3.8) is 0 Å². The van der Waals surface area contributed by atoms with E-state index in [2.05, 4.69) is 17.6 Å². The van der Waals surface area contributed by atoms with Crippen molar-refractivity contribution in [2.24, 2.45) is 11.8 Å². The second-order valence-electron chi connectivity index (χ2n) is 11.3. The van der Waals surface area contributed by atoms with Crippen LogP contribution in [0, 0.1) is 11.8 Å². The van der Waals surface area contributed by atoms with Gasteiger partial charge in [-0.2, -0.15) is 0 Å². The van der Waals surface area contributed by atoms with Crippen molar-refractivity contribution in [1.82, 2.24) is 10.6 Å². The number of Topliss-reactive ketones (excluding diaryl/α,β-unsaturated/α-hetero) is 1. The van der Waals surface area contributed by atoms with Crippen molar-refractivity contribution in [3.05, 3.63) is 0 Å². The smallest absolute Gasteiger partial charge is 0.326 e. The number of nitrogens with one attached hydrogen (secondary N) is 2. The van der Waals surface area contributed by atoms with Crippen LogP contribution in [0.3, 0.4) is 0 Å². The number of ketones is 1. The number of carboxylic acids is 1. The van der Waals surface area contributed by atoms with Gasteiger partial charge in [-0.15, -0.1) is 0 Å². The number of rotatable bonds is 26. The van der Waals surface area contributed by atoms with Gasteiger partial charge in [0.25, 0.3) is 0 Å². The van der Waals surface area contributed by atoms with Gasteiger partial charge in [-0.1, -0.05) is 111 Å². The summed E-state index contributed by atoms with van der Waals surface area (Å²) in [5.74, 6) is -1.24. The third kappa shape index (κ3) is 21.1. The van der Waals surface area contributed by atoms with Crippen molar-refractivity contribution in [2.45, 2.75) is 156 Å². The van der Waals surface area contributed by atoms with E-state index in [1.807, 2.05) is 20.8 Å². The number of aliphatic carboxylic acids is 1. The molecule has 0 saturated carbocycles. The van der Waals surface area contributed by atoms with E-state index >= 15 is 0 Å². The maximum atomic E-state index is 12.2. The number of carboxylic acid groups (broad SMARTS) is 1. The lowest BCUT2D eigenvalue weighted by atomic mass is 9.92. The summed E-state index contributed by atoms with van der Waals surface area (Å²) >= 11 is 0. The zero-order valence-electron chi connectivity index (χ0n) is 25.0. The first kappa shape index (κ1) is 36.1. The molecule has 0 saturated heterocycles. The lowest BCUT2D eigenvalue weighted by Crippen LogP contribution is -2.41. The summed E-state index contributed by atoms with van der Waals surface area (Å²) in [7, 11) is 0. The second kappa shape index (κ2) is 24.1. The van der Waals surface area contributed by atoms with E-state index in [4.69, 9.17) is 0 Å². The van der Waals surface area contributed by atoms with E-state index in [-0.39, 0.29) is 42.3 Å². The fourth-order valence-corrected chi connectivity index (χ4v) is 4.71. The Labute approximate surface area is 232 Å². The molecule has 1 unspecified atom stereocenters. The van der Waals surface area contributed by atoms with E-state index in [0.29, 0.717) is 13.0 Å². The Kier molecular flexibility index (Phi) is 22.9. The maximum Gasteiger partial charge on any atom is 0.326 e. The number of unbranched alkanes of at least 4 members (excludes halogenated alkanes) is 13. The number of amides is 2. The molecule has 0 heterocycles. The van der Waals surface area contributed by atoms with Gasteiger partial charge < -0.3 is 15.7 Å². The van der Waals surface area contributed by atoms with E-state index in [9.17, 15) is 24.3 Å². The lowest BCUT2D eigenvalue weighted by molar-refractivity contribution is -0.142. The Hall–Kier alpha value is -1.92. The Bertz CT molecular complexity index is 650. The van der Waals surface area contributed by atoms with Gasteiger partial charge in [0.15, 0.2) is 0 Å². The standard InChI is InChI=1S/C31H58N2O5/c1-5-6-7-8-9-10-11-12-13-14-15-16-17-21-29(35)33-27(31(37)38)22-23-28(34)32-24-19-18-20-26(4)30(36)25(2)3/h25-27H,5-24H2,1-4H3,(H,32,34)(H,33,35)(H,37,38)/t26-,27?/m0/s1. The van der Waals surface area contributed by atoms with Crippen LogP contribution < -0.4 is 10.6 Å². The molecule has 0 fully saturated rings. The number of hydrogen-bond acceptors (Lipinski definition) is 4. The average Bonchev–Trinajstić information content (AvgIpc) is 2.88. The minimum Gasteiger partial charge on any atom is -0.480 e. The van der Waals surface area contributed by atoms with Gasteiger partial charge in [0.1, 0.15) is 11.8 Å². The molecule has 2 amide bonds. The first-order valence-corrected chi connectivity index (χ1v) is 15.5. The molecule has 222 valence electrons. The van der Waals surface area contributed by atoms with Crippen LogP contribution in [0.25, 0.3) is 0 Å². The van der Waals surface area contributed by atoms with Crippen LogP contribution in [0.1, 0.15) is 150 Å². The van der Waals surface area contributed by atoms with Crippen LogP contribution in [-0.2, 0) is 19.2 Å². The van der Waals surface area contributed by atoms with Crippen LogP contribution in [-0.4, -0.2) is 41.3 Å². The summed E-state index contributed by atoms with van der Waals surface area (Å²) in [6, 6.07) is -1.04. The molecule has 0 aliphatic rings. The highest BCUT2D eigenvalue weighted by Crippen LogP contribution is 2.14. The Morgan fingerprint density at radius 3 is 1.66 bits per heavy atom. The van der Waals surface area contributed by atoms with Gasteiger partial charge >= 0.3 is 5.97 Å². The normalized spacial score (nSPS) is 12.8. The molecular formula is C31H58N2O5. The third-order valence-corrected chi connectivity index (χ3v) is 7.24. The predicted molar refractivity (Wildman–Crippen MR) is 155 cm³/mol. The molecular weight excluding hydrogens is 480 g/mol. The summed E-state index contributed by atoms with van der Waals surface area (Å²) in [5, 5.41) is 14.8. The van der Waals surface area contributed by atoms with Crippen molar-refractivity contribution in [1.29, 1.82) is 0 Å². The zero-order chi connectivity index (χ0) is 28.6. The summed E-state index contributed by atoms with van der Waals surface area (Å²) in [6.07, 6.45) is 18.9. The van der Waals surface area contributed by atoms with E-state index < -0.39 is 12.0 Å². The molecule has 0 aliphatic heterocycles. The van der Waals surface area contributed by atoms with E-state index in [0.717, 1.165) is 38.5 Å². The van der Waals surface area contributed by atoms with Crippen molar-refractivity contribution < 1.29 is 24.3 Å². The monoisotopic (exact) mass is 538 g/mol. The quantitative estimate of drug-likeness (QED) is 0.103. The topological polar surface area (TPSA) is 113 Å². The fraction of sp³-hybridized carbons (Fsp3) is 0.871. The van der Waals surface area contributed by atoms with Crippen LogP contribution in [0.2, 0.25) is 0 Å². The molecule has 0 aliphatic carbocycles. The highest BCUT2D eigenvalue weighted by Gasteiger charge is 2.21. The van der Waals surface area contributed by atoms with Gasteiger partial charge in [0.05, 0.1) is 0 Å². The van der Waals surface area contributed by atoms with Crippen LogP contribution in [0.4, 0.5) is 0 Å². The van der Waals surface area contributed by atoms with E-state index in [1.165, 1.54) is 64.2 Å². The van der Waals surface area contributed by atoms with Gasteiger partial charge in [-0.25, -0.2) is 4.79 Å². The van der Waals surface area contributed by atoms with Gasteiger partial charge in [-0.3, -0.25) is 14.4 Å². The number of carbonyl (C=O) groups excluding carboxylic acids is 3. The Morgan fingerprint density at radius 1 is 0.632 bits per heavy atom.